The van der Waals surface area contributed by atoms with Crippen LogP contribution in [0, 0.1) is 6.92 Å². The van der Waals surface area contributed by atoms with Gasteiger partial charge in [-0.25, -0.2) is 8.42 Å². The van der Waals surface area contributed by atoms with Crippen molar-refractivity contribution in [1.82, 2.24) is 5.32 Å². The van der Waals surface area contributed by atoms with Crippen LogP contribution in [0.15, 0.2) is 65.6 Å². The number of carbonyl (C=O) groups is 1. The van der Waals surface area contributed by atoms with E-state index in [-0.39, 0.29) is 10.8 Å². The van der Waals surface area contributed by atoms with Crippen LogP contribution in [0.2, 0.25) is 0 Å². The van der Waals surface area contributed by atoms with Gasteiger partial charge in [0.05, 0.1) is 10.6 Å². The first-order chi connectivity index (χ1) is 13.9. The number of aryl methyl sites for hydroxylation is 2. The van der Waals surface area contributed by atoms with Gasteiger partial charge in [-0.15, -0.1) is 0 Å². The van der Waals surface area contributed by atoms with Crippen molar-refractivity contribution < 1.29 is 13.2 Å². The van der Waals surface area contributed by atoms with E-state index in [1.165, 1.54) is 15.4 Å². The quantitative estimate of drug-likeness (QED) is 0.631. The third-order valence-electron chi connectivity index (χ3n) is 5.41. The Bertz CT molecular complexity index is 1170. The fourth-order valence-electron chi connectivity index (χ4n) is 3.85. The van der Waals surface area contributed by atoms with Gasteiger partial charge in [-0.05, 0) is 49.8 Å². The molecule has 3 aromatic carbocycles. The predicted molar refractivity (Wildman–Crippen MR) is 116 cm³/mol. The molecule has 0 saturated heterocycles. The first-order valence-corrected chi connectivity index (χ1v) is 11.2. The lowest BCUT2D eigenvalue weighted by atomic mass is 10.1. The monoisotopic (exact) mass is 408 g/mol. The fourth-order valence-corrected chi connectivity index (χ4v) is 5.72. The van der Waals surface area contributed by atoms with Crippen molar-refractivity contribution in [2.75, 3.05) is 10.8 Å². The number of sulfonamides is 1. The number of rotatable bonds is 6. The molecule has 0 aromatic heterocycles. The van der Waals surface area contributed by atoms with Crippen LogP contribution in [-0.2, 0) is 21.2 Å². The molecule has 1 amide bonds. The Hall–Kier alpha value is -2.86. The highest BCUT2D eigenvalue weighted by molar-refractivity contribution is 7.93. The van der Waals surface area contributed by atoms with Crippen molar-refractivity contribution in [3.63, 3.8) is 0 Å². The summed E-state index contributed by atoms with van der Waals surface area (Å²) < 4.78 is 27.4. The van der Waals surface area contributed by atoms with Gasteiger partial charge >= 0.3 is 0 Å². The van der Waals surface area contributed by atoms with Crippen LogP contribution >= 0.6 is 0 Å². The molecule has 1 atom stereocenters. The molecular formula is C23H24N2O3S. The van der Waals surface area contributed by atoms with E-state index in [1.807, 2.05) is 18.2 Å². The van der Waals surface area contributed by atoms with E-state index in [0.717, 1.165) is 18.2 Å². The van der Waals surface area contributed by atoms with Crippen LogP contribution in [0.3, 0.4) is 0 Å². The molecule has 0 bridgehead atoms. The van der Waals surface area contributed by atoms with Crippen LogP contribution in [-0.4, -0.2) is 26.9 Å². The summed E-state index contributed by atoms with van der Waals surface area (Å²) in [6.45, 7) is 4.19. The number of amides is 1. The van der Waals surface area contributed by atoms with E-state index in [1.54, 1.807) is 25.1 Å². The van der Waals surface area contributed by atoms with Gasteiger partial charge in [-0.3, -0.25) is 9.10 Å². The molecule has 0 unspecified atom stereocenters. The van der Waals surface area contributed by atoms with Crippen molar-refractivity contribution in [2.24, 2.45) is 0 Å². The van der Waals surface area contributed by atoms with Crippen molar-refractivity contribution >= 4 is 32.4 Å². The lowest BCUT2D eigenvalue weighted by Crippen LogP contribution is -2.47. The second kappa shape index (κ2) is 7.52. The normalized spacial score (nSPS) is 15.4. The van der Waals surface area contributed by atoms with Crippen molar-refractivity contribution in [2.45, 2.75) is 37.6 Å². The molecule has 6 heteroatoms. The Morgan fingerprint density at radius 2 is 1.72 bits per heavy atom. The maximum absolute atomic E-state index is 13.1. The molecule has 29 heavy (non-hydrogen) atoms. The van der Waals surface area contributed by atoms with E-state index in [2.05, 4.69) is 36.5 Å². The molecule has 1 N–H and O–H groups in total. The van der Waals surface area contributed by atoms with E-state index in [4.69, 9.17) is 0 Å². The highest BCUT2D eigenvalue weighted by atomic mass is 32.2. The van der Waals surface area contributed by atoms with Gasteiger partial charge in [0.2, 0.25) is 5.91 Å². The molecule has 3 aromatic rings. The van der Waals surface area contributed by atoms with Gasteiger partial charge in [-0.1, -0.05) is 54.1 Å². The summed E-state index contributed by atoms with van der Waals surface area (Å²) in [5.41, 5.74) is 3.02. The third kappa shape index (κ3) is 3.49. The molecule has 5 nitrogen and oxygen atoms in total. The Balaban J connectivity index is 1.45. The molecule has 4 rings (SSSR count). The van der Waals surface area contributed by atoms with Crippen LogP contribution in [0.1, 0.15) is 24.5 Å². The molecular weight excluding hydrogens is 384 g/mol. The molecule has 0 fully saturated rings. The largest absolute Gasteiger partial charge is 0.354 e. The van der Waals surface area contributed by atoms with Crippen LogP contribution in [0.5, 0.6) is 0 Å². The second-order valence-corrected chi connectivity index (χ2v) is 9.27. The minimum absolute atomic E-state index is 0.268. The highest BCUT2D eigenvalue weighted by Gasteiger charge is 2.40. The third-order valence-corrected chi connectivity index (χ3v) is 7.34. The van der Waals surface area contributed by atoms with E-state index < -0.39 is 16.1 Å². The van der Waals surface area contributed by atoms with Gasteiger partial charge < -0.3 is 5.32 Å². The number of nitrogens with zero attached hydrogens (tertiary/aromatic N) is 1. The molecule has 1 heterocycles. The van der Waals surface area contributed by atoms with Crippen LogP contribution < -0.4 is 9.62 Å². The van der Waals surface area contributed by atoms with Gasteiger partial charge in [0.15, 0.2) is 0 Å². The zero-order valence-corrected chi connectivity index (χ0v) is 17.4. The summed E-state index contributed by atoms with van der Waals surface area (Å²) in [5.74, 6) is -0.290. The Morgan fingerprint density at radius 1 is 1.03 bits per heavy atom. The number of anilines is 1. The summed E-state index contributed by atoms with van der Waals surface area (Å²) in [6.07, 6.45) is 1.66. The number of benzene rings is 3. The maximum atomic E-state index is 13.1. The SMILES string of the molecule is Cc1ccc(CCCNC(=O)[C@@H](C)N2c3cccc4cccc(c34)S2(=O)=O)cc1. The fraction of sp³-hybridized carbons (Fsp3) is 0.261. The zero-order valence-electron chi connectivity index (χ0n) is 16.6. The van der Waals surface area contributed by atoms with Crippen molar-refractivity contribution in [3.05, 3.63) is 71.8 Å². The Kier molecular flexibility index (Phi) is 5.04. The number of hydrogen-bond donors (Lipinski definition) is 1. The lowest BCUT2D eigenvalue weighted by molar-refractivity contribution is -0.121. The summed E-state index contributed by atoms with van der Waals surface area (Å²) in [6, 6.07) is 18.2. The average Bonchev–Trinajstić information content (AvgIpc) is 2.94. The topological polar surface area (TPSA) is 66.5 Å². The van der Waals surface area contributed by atoms with Crippen LogP contribution in [0.4, 0.5) is 5.69 Å². The number of hydrogen-bond acceptors (Lipinski definition) is 3. The van der Waals surface area contributed by atoms with Crippen molar-refractivity contribution in [1.29, 1.82) is 0 Å². The number of carbonyl (C=O) groups excluding carboxylic acids is 1. The van der Waals surface area contributed by atoms with Crippen molar-refractivity contribution in [3.8, 4) is 0 Å². The molecule has 0 spiro atoms. The molecule has 1 aliphatic rings. The first kappa shape index (κ1) is 19.5. The first-order valence-electron chi connectivity index (χ1n) is 9.79. The minimum atomic E-state index is -3.75. The lowest BCUT2D eigenvalue weighted by Gasteiger charge is -2.25. The summed E-state index contributed by atoms with van der Waals surface area (Å²) >= 11 is 0. The van der Waals surface area contributed by atoms with Gasteiger partial charge in [0.1, 0.15) is 6.04 Å². The standard InChI is InChI=1S/C23H24N2O3S/c1-16-11-13-18(14-12-16)6-5-15-24-23(26)17(2)25-20-9-3-7-19-8-4-10-21(22(19)20)29(25,27)28/h3-4,7-14,17H,5-6,15H2,1-2H3,(H,24,26)/t17-/m1/s1. The van der Waals surface area contributed by atoms with Gasteiger partial charge in [-0.2, -0.15) is 0 Å². The van der Waals surface area contributed by atoms with E-state index in [9.17, 15) is 13.2 Å². The van der Waals surface area contributed by atoms with Gasteiger partial charge in [0, 0.05) is 11.9 Å². The van der Waals surface area contributed by atoms with E-state index >= 15 is 0 Å². The summed E-state index contributed by atoms with van der Waals surface area (Å²) in [5, 5.41) is 4.44. The van der Waals surface area contributed by atoms with Crippen LogP contribution in [0.25, 0.3) is 10.8 Å². The highest BCUT2D eigenvalue weighted by Crippen LogP contribution is 2.43. The summed E-state index contributed by atoms with van der Waals surface area (Å²) in [7, 11) is -3.75. The maximum Gasteiger partial charge on any atom is 0.265 e. The van der Waals surface area contributed by atoms with E-state index in [0.29, 0.717) is 17.6 Å². The molecule has 1 aliphatic heterocycles. The molecule has 0 aliphatic carbocycles. The second-order valence-electron chi connectivity index (χ2n) is 7.49. The summed E-state index contributed by atoms with van der Waals surface area (Å²) in [4.78, 5) is 13.0. The molecule has 150 valence electrons. The molecule has 0 saturated carbocycles. The average molecular weight is 409 g/mol. The molecule has 0 radical (unpaired) electrons. The minimum Gasteiger partial charge on any atom is -0.354 e. The Morgan fingerprint density at radius 3 is 2.45 bits per heavy atom. The Labute approximate surface area is 171 Å². The zero-order chi connectivity index (χ0) is 20.6. The number of nitrogens with one attached hydrogen (secondary N) is 1. The predicted octanol–water partition coefficient (Wildman–Crippen LogP) is 3.79. The van der Waals surface area contributed by atoms with Gasteiger partial charge in [0.25, 0.3) is 10.0 Å². The smallest absolute Gasteiger partial charge is 0.265 e.